The number of amides is 2. The van der Waals surface area contributed by atoms with Crippen LogP contribution in [0.5, 0.6) is 5.75 Å². The lowest BCUT2D eigenvalue weighted by Crippen LogP contribution is -2.29. The molecule has 1 fully saturated rings. The molecule has 1 unspecified atom stereocenters. The van der Waals surface area contributed by atoms with Crippen LogP contribution in [0, 0.1) is 12.8 Å². The molecule has 1 atom stereocenters. The first-order chi connectivity index (χ1) is 12.9. The lowest BCUT2D eigenvalue weighted by Gasteiger charge is -2.24. The minimum atomic E-state index is -0.387. The zero-order valence-electron chi connectivity index (χ0n) is 16.3. The molecule has 0 bridgehead atoms. The van der Waals surface area contributed by atoms with Gasteiger partial charge in [0.25, 0.3) is 0 Å². The van der Waals surface area contributed by atoms with Crippen molar-refractivity contribution in [2.75, 3.05) is 23.9 Å². The van der Waals surface area contributed by atoms with Crippen LogP contribution < -0.4 is 15.0 Å². The molecule has 1 aliphatic rings. The van der Waals surface area contributed by atoms with E-state index < -0.39 is 0 Å². The predicted octanol–water partition coefficient (Wildman–Crippen LogP) is 4.12. The maximum Gasteiger partial charge on any atom is 0.229 e. The van der Waals surface area contributed by atoms with Crippen molar-refractivity contribution < 1.29 is 14.3 Å². The van der Waals surface area contributed by atoms with Crippen LogP contribution in [0.1, 0.15) is 37.3 Å². The molecular formula is C22H26N2O3. The number of rotatable bonds is 5. The van der Waals surface area contributed by atoms with Crippen molar-refractivity contribution >= 4 is 23.2 Å². The van der Waals surface area contributed by atoms with Crippen LogP contribution in [-0.4, -0.2) is 25.5 Å². The van der Waals surface area contributed by atoms with E-state index in [9.17, 15) is 9.59 Å². The Morgan fingerprint density at radius 3 is 2.63 bits per heavy atom. The fourth-order valence-electron chi connectivity index (χ4n) is 3.60. The van der Waals surface area contributed by atoms with Crippen molar-refractivity contribution in [3.63, 3.8) is 0 Å². The number of carbonyl (C=O) groups excluding carboxylic acids is 2. The van der Waals surface area contributed by atoms with Gasteiger partial charge in [-0.2, -0.15) is 0 Å². The minimum absolute atomic E-state index is 0.00798. The largest absolute Gasteiger partial charge is 0.495 e. The molecule has 0 radical (unpaired) electrons. The van der Waals surface area contributed by atoms with Crippen molar-refractivity contribution in [2.45, 2.75) is 33.1 Å². The summed E-state index contributed by atoms with van der Waals surface area (Å²) in [4.78, 5) is 27.3. The number of nitrogens with zero attached hydrogens (tertiary/aromatic N) is 1. The van der Waals surface area contributed by atoms with E-state index in [1.165, 1.54) is 0 Å². The molecule has 0 aromatic heterocycles. The van der Waals surface area contributed by atoms with E-state index in [-0.39, 0.29) is 24.2 Å². The third-order valence-electron chi connectivity index (χ3n) is 5.02. The van der Waals surface area contributed by atoms with Crippen molar-refractivity contribution in [1.82, 2.24) is 0 Å². The standard InChI is InChI=1S/C22H26N2O3/c1-14(2)17-9-7-8-15(3)21(17)24-13-16(12-20(24)25)22(26)23-18-10-5-6-11-19(18)27-4/h5-11,14,16H,12-13H2,1-4H3,(H,23,26). The highest BCUT2D eigenvalue weighted by molar-refractivity contribution is 6.04. The minimum Gasteiger partial charge on any atom is -0.495 e. The highest BCUT2D eigenvalue weighted by Crippen LogP contribution is 2.35. The Morgan fingerprint density at radius 1 is 1.19 bits per heavy atom. The first-order valence-electron chi connectivity index (χ1n) is 9.26. The highest BCUT2D eigenvalue weighted by atomic mass is 16.5. The Kier molecular flexibility index (Phi) is 5.49. The van der Waals surface area contributed by atoms with E-state index in [2.05, 4.69) is 25.2 Å². The third kappa shape index (κ3) is 3.82. The van der Waals surface area contributed by atoms with Crippen LogP contribution in [0.25, 0.3) is 0 Å². The third-order valence-corrected chi connectivity index (χ3v) is 5.02. The Balaban J connectivity index is 1.81. The van der Waals surface area contributed by atoms with E-state index in [1.54, 1.807) is 24.1 Å². The molecule has 1 N–H and O–H groups in total. The topological polar surface area (TPSA) is 58.6 Å². The number of benzene rings is 2. The van der Waals surface area contributed by atoms with Gasteiger partial charge in [0.1, 0.15) is 5.75 Å². The molecular weight excluding hydrogens is 340 g/mol. The molecule has 5 nitrogen and oxygen atoms in total. The van der Waals surface area contributed by atoms with Gasteiger partial charge in [0.2, 0.25) is 11.8 Å². The molecule has 0 spiro atoms. The monoisotopic (exact) mass is 366 g/mol. The summed E-state index contributed by atoms with van der Waals surface area (Å²) in [5, 5.41) is 2.91. The van der Waals surface area contributed by atoms with Crippen LogP contribution in [0.4, 0.5) is 11.4 Å². The average Bonchev–Trinajstić information content (AvgIpc) is 3.03. The maximum atomic E-state index is 12.8. The van der Waals surface area contributed by atoms with Gasteiger partial charge in [-0.3, -0.25) is 9.59 Å². The predicted molar refractivity (Wildman–Crippen MR) is 107 cm³/mol. The van der Waals surface area contributed by atoms with Crippen molar-refractivity contribution in [3.05, 3.63) is 53.6 Å². The van der Waals surface area contributed by atoms with Crippen molar-refractivity contribution in [2.24, 2.45) is 5.92 Å². The van der Waals surface area contributed by atoms with E-state index in [0.717, 1.165) is 16.8 Å². The van der Waals surface area contributed by atoms with Crippen LogP contribution in [0.15, 0.2) is 42.5 Å². The fourth-order valence-corrected chi connectivity index (χ4v) is 3.60. The number of hydrogen-bond donors (Lipinski definition) is 1. The molecule has 0 aliphatic carbocycles. The molecule has 1 aliphatic heterocycles. The number of carbonyl (C=O) groups is 2. The summed E-state index contributed by atoms with van der Waals surface area (Å²) in [6, 6.07) is 13.4. The number of anilines is 2. The second-order valence-corrected chi connectivity index (χ2v) is 7.26. The maximum absolute atomic E-state index is 12.8. The number of methoxy groups -OCH3 is 1. The van der Waals surface area contributed by atoms with Gasteiger partial charge in [-0.1, -0.05) is 44.2 Å². The zero-order chi connectivity index (χ0) is 19.6. The Bertz CT molecular complexity index is 860. The molecule has 0 saturated carbocycles. The van der Waals surface area contributed by atoms with Crippen LogP contribution in [0.2, 0.25) is 0 Å². The summed E-state index contributed by atoms with van der Waals surface area (Å²) >= 11 is 0. The van der Waals surface area contributed by atoms with Gasteiger partial charge in [0.05, 0.1) is 18.7 Å². The number of para-hydroxylation sites is 3. The second kappa shape index (κ2) is 7.82. The quantitative estimate of drug-likeness (QED) is 0.866. The van der Waals surface area contributed by atoms with Gasteiger partial charge < -0.3 is 15.0 Å². The van der Waals surface area contributed by atoms with Gasteiger partial charge in [-0.25, -0.2) is 0 Å². The number of ether oxygens (including phenoxy) is 1. The normalized spacial score (nSPS) is 16.7. The van der Waals surface area contributed by atoms with E-state index in [0.29, 0.717) is 23.9 Å². The summed E-state index contributed by atoms with van der Waals surface area (Å²) in [6.45, 7) is 6.64. The molecule has 2 aromatic rings. The Labute approximate surface area is 160 Å². The van der Waals surface area contributed by atoms with Crippen LogP contribution >= 0.6 is 0 Å². The summed E-state index contributed by atoms with van der Waals surface area (Å²) < 4.78 is 5.29. The van der Waals surface area contributed by atoms with E-state index in [1.807, 2.05) is 31.2 Å². The van der Waals surface area contributed by atoms with Gasteiger partial charge in [-0.05, 0) is 36.1 Å². The summed E-state index contributed by atoms with van der Waals surface area (Å²) in [5.74, 6) is 0.352. The number of hydrogen-bond acceptors (Lipinski definition) is 3. The lowest BCUT2D eigenvalue weighted by atomic mass is 9.97. The van der Waals surface area contributed by atoms with Crippen LogP contribution in [-0.2, 0) is 9.59 Å². The molecule has 5 heteroatoms. The summed E-state index contributed by atoms with van der Waals surface area (Å²) in [6.07, 6.45) is 0.215. The highest BCUT2D eigenvalue weighted by Gasteiger charge is 2.37. The van der Waals surface area contributed by atoms with E-state index >= 15 is 0 Å². The smallest absolute Gasteiger partial charge is 0.229 e. The summed E-state index contributed by atoms with van der Waals surface area (Å²) in [5.41, 5.74) is 3.76. The molecule has 142 valence electrons. The van der Waals surface area contributed by atoms with Gasteiger partial charge in [0, 0.05) is 18.7 Å². The van der Waals surface area contributed by atoms with Crippen molar-refractivity contribution in [1.29, 1.82) is 0 Å². The number of nitrogens with one attached hydrogen (secondary N) is 1. The molecule has 2 amide bonds. The van der Waals surface area contributed by atoms with Gasteiger partial charge in [0.15, 0.2) is 0 Å². The lowest BCUT2D eigenvalue weighted by molar-refractivity contribution is -0.122. The SMILES string of the molecule is COc1ccccc1NC(=O)C1CC(=O)N(c2c(C)cccc2C(C)C)C1. The van der Waals surface area contributed by atoms with Crippen molar-refractivity contribution in [3.8, 4) is 5.75 Å². The summed E-state index contributed by atoms with van der Waals surface area (Å²) in [7, 11) is 1.57. The first-order valence-corrected chi connectivity index (χ1v) is 9.26. The molecule has 3 rings (SSSR count). The second-order valence-electron chi connectivity index (χ2n) is 7.26. The van der Waals surface area contributed by atoms with E-state index in [4.69, 9.17) is 4.74 Å². The van der Waals surface area contributed by atoms with Crippen LogP contribution in [0.3, 0.4) is 0 Å². The first kappa shape index (κ1) is 19.0. The molecule has 1 heterocycles. The molecule has 1 saturated heterocycles. The van der Waals surface area contributed by atoms with Gasteiger partial charge in [-0.15, -0.1) is 0 Å². The average molecular weight is 366 g/mol. The molecule has 2 aromatic carbocycles. The molecule has 27 heavy (non-hydrogen) atoms. The van der Waals surface area contributed by atoms with Gasteiger partial charge >= 0.3 is 0 Å². The number of aryl methyl sites for hydroxylation is 1. The Morgan fingerprint density at radius 2 is 1.93 bits per heavy atom. The fraction of sp³-hybridized carbons (Fsp3) is 0.364. The Hall–Kier alpha value is -2.82. The zero-order valence-corrected chi connectivity index (χ0v) is 16.3.